The average Bonchev–Trinajstić information content (AvgIpc) is 3.36. The lowest BCUT2D eigenvalue weighted by atomic mass is 9.43. The number of aromatic nitrogens is 2. The second-order valence-corrected chi connectivity index (χ2v) is 12.5. The molecule has 10 atom stereocenters. The lowest BCUT2D eigenvalue weighted by molar-refractivity contribution is -0.174. The van der Waals surface area contributed by atoms with Gasteiger partial charge in [0.2, 0.25) is 5.78 Å². The maximum absolute atomic E-state index is 12.5. The molecule has 4 aliphatic rings. The van der Waals surface area contributed by atoms with E-state index in [1.165, 1.54) is 25.7 Å². The van der Waals surface area contributed by atoms with Crippen LogP contribution in [0, 0.1) is 53.3 Å². The average molecular weight is 459 g/mol. The summed E-state index contributed by atoms with van der Waals surface area (Å²) >= 11 is 0. The summed E-state index contributed by atoms with van der Waals surface area (Å²) in [5.74, 6) is 3.63. The molecule has 6 nitrogen and oxygen atoms in total. The van der Waals surface area contributed by atoms with Crippen LogP contribution in [0.5, 0.6) is 0 Å². The van der Waals surface area contributed by atoms with E-state index in [-0.39, 0.29) is 34.7 Å². The second kappa shape index (κ2) is 8.44. The van der Waals surface area contributed by atoms with E-state index in [1.807, 2.05) is 0 Å². The molecule has 5 rings (SSSR count). The van der Waals surface area contributed by atoms with Gasteiger partial charge in [-0.15, -0.1) is 0 Å². The van der Waals surface area contributed by atoms with Crippen LogP contribution >= 0.6 is 0 Å². The van der Waals surface area contributed by atoms with Gasteiger partial charge in [0.1, 0.15) is 0 Å². The fourth-order valence-corrected chi connectivity index (χ4v) is 9.25. The summed E-state index contributed by atoms with van der Waals surface area (Å²) in [6.45, 7) is 9.00. The molecular weight excluding hydrogens is 416 g/mol. The van der Waals surface area contributed by atoms with Gasteiger partial charge in [0.05, 0.1) is 12.2 Å². The largest absolute Gasteiger partial charge is 0.393 e. The summed E-state index contributed by atoms with van der Waals surface area (Å²) in [6.07, 6.45) is 9.45. The number of rotatable bonds is 5. The van der Waals surface area contributed by atoms with Crippen molar-refractivity contribution < 1.29 is 19.5 Å². The normalized spacial score (nSPS) is 45.7. The number of fused-ring (bicyclic) bond motifs is 5. The molecule has 4 fully saturated rings. The number of carbonyl (C=O) groups is 1. The van der Waals surface area contributed by atoms with Gasteiger partial charge in [-0.1, -0.05) is 25.9 Å². The molecule has 0 unspecified atom stereocenters. The van der Waals surface area contributed by atoms with E-state index in [2.05, 4.69) is 30.9 Å². The maximum Gasteiger partial charge on any atom is 0.293 e. The Morgan fingerprint density at radius 3 is 2.55 bits per heavy atom. The van der Waals surface area contributed by atoms with Gasteiger partial charge in [0.25, 0.3) is 5.89 Å². The number of ketones is 1. The standard InChI is InChI=1S/C27H42N2O4/c1-15(5-8-22(31)25-28-16(2)29-33-25)19-6-7-20-24-21(10-12-27(19,20)4)26(3)11-9-18(30)13-17(26)14-23(24)32/h15,17-21,23-24,30,32H,5-14H2,1-4H3/t15-,17+,18-,19-,20+,21+,23-,24+,26+,27-/m1/s1. The van der Waals surface area contributed by atoms with Crippen molar-refractivity contribution in [1.82, 2.24) is 10.1 Å². The highest BCUT2D eigenvalue weighted by molar-refractivity contribution is 5.91. The van der Waals surface area contributed by atoms with Crippen LogP contribution < -0.4 is 0 Å². The summed E-state index contributed by atoms with van der Waals surface area (Å²) in [7, 11) is 0. The molecule has 0 radical (unpaired) electrons. The molecule has 0 spiro atoms. The van der Waals surface area contributed by atoms with Gasteiger partial charge in [-0.05, 0) is 111 Å². The molecule has 184 valence electrons. The van der Waals surface area contributed by atoms with Gasteiger partial charge in [-0.3, -0.25) is 4.79 Å². The molecule has 0 saturated heterocycles. The number of hydrogen-bond donors (Lipinski definition) is 2. The van der Waals surface area contributed by atoms with E-state index < -0.39 is 0 Å². The first-order valence-corrected chi connectivity index (χ1v) is 13.3. The lowest BCUT2D eigenvalue weighted by Gasteiger charge is -2.62. The third-order valence-electron chi connectivity index (χ3n) is 11.0. The molecule has 0 aliphatic heterocycles. The summed E-state index contributed by atoms with van der Waals surface area (Å²) in [4.78, 5) is 16.6. The van der Waals surface area contributed by atoms with Crippen LogP contribution in [-0.4, -0.2) is 38.3 Å². The molecule has 6 heteroatoms. The second-order valence-electron chi connectivity index (χ2n) is 12.5. The minimum atomic E-state index is -0.237. The third kappa shape index (κ3) is 3.80. The van der Waals surface area contributed by atoms with E-state index in [9.17, 15) is 15.0 Å². The number of aliphatic hydroxyl groups excluding tert-OH is 2. The Bertz CT molecular complexity index is 885. The molecule has 0 aromatic carbocycles. The first kappa shape index (κ1) is 23.5. The van der Waals surface area contributed by atoms with Crippen molar-refractivity contribution in [2.45, 2.75) is 104 Å². The Morgan fingerprint density at radius 1 is 1.09 bits per heavy atom. The van der Waals surface area contributed by atoms with Crippen LogP contribution in [0.1, 0.15) is 101 Å². The zero-order chi connectivity index (χ0) is 23.5. The van der Waals surface area contributed by atoms with Crippen LogP contribution in [0.3, 0.4) is 0 Å². The van der Waals surface area contributed by atoms with Crippen molar-refractivity contribution in [1.29, 1.82) is 0 Å². The van der Waals surface area contributed by atoms with Crippen LogP contribution in [0.4, 0.5) is 0 Å². The van der Waals surface area contributed by atoms with E-state index in [0.717, 1.165) is 32.1 Å². The van der Waals surface area contributed by atoms with Crippen molar-refractivity contribution in [2.75, 3.05) is 0 Å². The van der Waals surface area contributed by atoms with Gasteiger partial charge in [-0.25, -0.2) is 0 Å². The van der Waals surface area contributed by atoms with Gasteiger partial charge in [-0.2, -0.15) is 4.98 Å². The van der Waals surface area contributed by atoms with E-state index in [1.54, 1.807) is 6.92 Å². The molecule has 1 heterocycles. The zero-order valence-electron chi connectivity index (χ0n) is 20.8. The molecule has 0 bridgehead atoms. The van der Waals surface area contributed by atoms with Crippen molar-refractivity contribution >= 4 is 5.78 Å². The minimum absolute atomic E-state index is 0.0491. The molecular formula is C27H42N2O4. The first-order valence-electron chi connectivity index (χ1n) is 13.3. The predicted octanol–water partition coefficient (Wildman–Crippen LogP) is 4.97. The fraction of sp³-hybridized carbons (Fsp3) is 0.889. The number of aryl methyl sites for hydroxylation is 1. The van der Waals surface area contributed by atoms with Crippen molar-refractivity contribution in [3.05, 3.63) is 11.7 Å². The third-order valence-corrected chi connectivity index (χ3v) is 11.0. The minimum Gasteiger partial charge on any atom is -0.393 e. The molecule has 4 saturated carbocycles. The van der Waals surface area contributed by atoms with Gasteiger partial charge in [0.15, 0.2) is 5.82 Å². The van der Waals surface area contributed by atoms with Crippen LogP contribution in [0.15, 0.2) is 4.52 Å². The van der Waals surface area contributed by atoms with E-state index >= 15 is 0 Å². The molecule has 1 aromatic rings. The van der Waals surface area contributed by atoms with Crippen molar-refractivity contribution in [3.63, 3.8) is 0 Å². The molecule has 1 aromatic heterocycles. The fourth-order valence-electron chi connectivity index (χ4n) is 9.25. The van der Waals surface area contributed by atoms with Crippen LogP contribution in [0.25, 0.3) is 0 Å². The zero-order valence-corrected chi connectivity index (χ0v) is 20.8. The summed E-state index contributed by atoms with van der Waals surface area (Å²) < 4.78 is 5.07. The van der Waals surface area contributed by atoms with E-state index in [0.29, 0.717) is 47.8 Å². The number of carbonyl (C=O) groups excluding carboxylic acids is 1. The van der Waals surface area contributed by atoms with Crippen LogP contribution in [-0.2, 0) is 0 Å². The van der Waals surface area contributed by atoms with Crippen molar-refractivity contribution in [3.8, 4) is 0 Å². The highest BCUT2D eigenvalue weighted by Gasteiger charge is 2.62. The smallest absolute Gasteiger partial charge is 0.293 e. The van der Waals surface area contributed by atoms with Crippen LogP contribution in [0.2, 0.25) is 0 Å². The maximum atomic E-state index is 12.5. The summed E-state index contributed by atoms with van der Waals surface area (Å²) in [5.41, 5.74) is 0.506. The topological polar surface area (TPSA) is 96.5 Å². The Morgan fingerprint density at radius 2 is 1.82 bits per heavy atom. The van der Waals surface area contributed by atoms with E-state index in [4.69, 9.17) is 4.52 Å². The highest BCUT2D eigenvalue weighted by atomic mass is 16.5. The molecule has 0 amide bonds. The number of Topliss-reactive ketones (excluding diaryl/α,β-unsaturated/α-hetero) is 1. The number of hydrogen-bond acceptors (Lipinski definition) is 6. The summed E-state index contributed by atoms with van der Waals surface area (Å²) in [6, 6.07) is 0. The van der Waals surface area contributed by atoms with Gasteiger partial charge < -0.3 is 14.7 Å². The predicted molar refractivity (Wildman–Crippen MR) is 124 cm³/mol. The molecule has 33 heavy (non-hydrogen) atoms. The quantitative estimate of drug-likeness (QED) is 0.605. The highest BCUT2D eigenvalue weighted by Crippen LogP contribution is 2.68. The Labute approximate surface area is 197 Å². The first-order chi connectivity index (χ1) is 15.6. The number of aliphatic hydroxyl groups is 2. The SMILES string of the molecule is Cc1noc(C(=O)CC[C@@H](C)[C@H]2CC[C@H]3[C@@H]4[C@H](O)C[C@@H]5C[C@H](O)CC[C@]5(C)[C@H]4CC[C@]23C)n1. The van der Waals surface area contributed by atoms with Gasteiger partial charge in [0, 0.05) is 6.42 Å². The van der Waals surface area contributed by atoms with Crippen molar-refractivity contribution in [2.24, 2.45) is 46.3 Å². The Hall–Kier alpha value is -1.27. The lowest BCUT2D eigenvalue weighted by Crippen LogP contribution is -2.58. The monoisotopic (exact) mass is 458 g/mol. The number of nitrogens with zero attached hydrogens (tertiary/aromatic N) is 2. The van der Waals surface area contributed by atoms with Gasteiger partial charge >= 0.3 is 0 Å². The summed E-state index contributed by atoms with van der Waals surface area (Å²) in [5, 5.41) is 25.4. The molecule has 2 N–H and O–H groups in total. The Kier molecular flexibility index (Phi) is 6.00. The Balaban J connectivity index is 1.29. The molecule has 4 aliphatic carbocycles.